The van der Waals surface area contributed by atoms with E-state index in [9.17, 15) is 9.18 Å². The zero-order chi connectivity index (χ0) is 15.2. The predicted molar refractivity (Wildman–Crippen MR) is 81.5 cm³/mol. The molecule has 0 saturated carbocycles. The molecule has 0 amide bonds. The Morgan fingerprint density at radius 1 is 1.48 bits per heavy atom. The summed E-state index contributed by atoms with van der Waals surface area (Å²) in [6.45, 7) is 2.18. The first-order chi connectivity index (χ1) is 10.1. The number of aryl methyl sites for hydroxylation is 1. The van der Waals surface area contributed by atoms with Crippen molar-refractivity contribution in [1.29, 1.82) is 0 Å². The first kappa shape index (κ1) is 15.4. The number of benzene rings is 1. The van der Waals surface area contributed by atoms with Gasteiger partial charge in [-0.3, -0.25) is 4.79 Å². The van der Waals surface area contributed by atoms with Gasteiger partial charge in [0.15, 0.2) is 5.13 Å². The lowest BCUT2D eigenvalue weighted by molar-refractivity contribution is -0.143. The second kappa shape index (κ2) is 7.17. The number of hydrogen-bond acceptors (Lipinski definition) is 5. The first-order valence-corrected chi connectivity index (χ1v) is 7.57. The average Bonchev–Trinajstić information content (AvgIpc) is 2.93. The molecule has 112 valence electrons. The molecule has 0 aliphatic heterocycles. The van der Waals surface area contributed by atoms with Crippen LogP contribution in [0.1, 0.15) is 19.0 Å². The van der Waals surface area contributed by atoms with Crippen LogP contribution in [-0.2, 0) is 16.0 Å². The summed E-state index contributed by atoms with van der Waals surface area (Å²) < 4.78 is 18.1. The van der Waals surface area contributed by atoms with Crippen molar-refractivity contribution in [2.24, 2.45) is 0 Å². The van der Waals surface area contributed by atoms with Gasteiger partial charge < -0.3 is 9.64 Å². The monoisotopic (exact) mass is 308 g/mol. The summed E-state index contributed by atoms with van der Waals surface area (Å²) in [5, 5.41) is 2.67. The lowest BCUT2D eigenvalue weighted by atomic mass is 10.2. The van der Waals surface area contributed by atoms with Gasteiger partial charge in [0.1, 0.15) is 5.82 Å². The molecule has 2 rings (SSSR count). The van der Waals surface area contributed by atoms with E-state index in [1.807, 2.05) is 23.4 Å². The number of rotatable bonds is 6. The zero-order valence-corrected chi connectivity index (χ0v) is 12.8. The molecule has 0 fully saturated rings. The standard InChI is InChI=1S/C15H17FN2O2S/c1-3-20-14(19)8-7-12-10-21-15(17-12)18(2)13-6-4-5-11(16)9-13/h4-6,9-10H,3,7-8H2,1-2H3. The van der Waals surface area contributed by atoms with Crippen molar-refractivity contribution in [1.82, 2.24) is 4.98 Å². The van der Waals surface area contributed by atoms with Crippen LogP contribution < -0.4 is 4.90 Å². The Kier molecular flexibility index (Phi) is 5.27. The number of carbonyl (C=O) groups excluding carboxylic acids is 1. The van der Waals surface area contributed by atoms with Crippen LogP contribution in [0.25, 0.3) is 0 Å². The van der Waals surface area contributed by atoms with Gasteiger partial charge in [0.25, 0.3) is 0 Å². The number of ether oxygens (including phenoxy) is 1. The first-order valence-electron chi connectivity index (χ1n) is 6.69. The van der Waals surface area contributed by atoms with Crippen molar-refractivity contribution in [2.45, 2.75) is 19.8 Å². The molecule has 0 aliphatic rings. The van der Waals surface area contributed by atoms with Gasteiger partial charge in [-0.15, -0.1) is 11.3 Å². The molecular formula is C15H17FN2O2S. The lowest BCUT2D eigenvalue weighted by Crippen LogP contribution is -2.09. The number of carbonyl (C=O) groups is 1. The fourth-order valence-corrected chi connectivity index (χ4v) is 2.67. The van der Waals surface area contributed by atoms with Crippen LogP contribution in [0.2, 0.25) is 0 Å². The Morgan fingerprint density at radius 3 is 3.00 bits per heavy atom. The van der Waals surface area contributed by atoms with Crippen LogP contribution in [0.15, 0.2) is 29.6 Å². The van der Waals surface area contributed by atoms with Crippen molar-refractivity contribution >= 4 is 28.1 Å². The van der Waals surface area contributed by atoms with Gasteiger partial charge in [-0.1, -0.05) is 6.07 Å². The van der Waals surface area contributed by atoms with Gasteiger partial charge in [-0.2, -0.15) is 0 Å². The van der Waals surface area contributed by atoms with Gasteiger partial charge in [0.05, 0.1) is 18.7 Å². The molecule has 0 spiro atoms. The van der Waals surface area contributed by atoms with E-state index >= 15 is 0 Å². The van der Waals surface area contributed by atoms with E-state index in [0.29, 0.717) is 19.4 Å². The van der Waals surface area contributed by atoms with Gasteiger partial charge >= 0.3 is 5.97 Å². The second-order valence-electron chi connectivity index (χ2n) is 4.47. The van der Waals surface area contributed by atoms with Crippen molar-refractivity contribution in [3.05, 3.63) is 41.2 Å². The topological polar surface area (TPSA) is 42.4 Å². The van der Waals surface area contributed by atoms with E-state index in [1.165, 1.54) is 23.5 Å². The quantitative estimate of drug-likeness (QED) is 0.765. The van der Waals surface area contributed by atoms with Gasteiger partial charge in [0.2, 0.25) is 0 Å². The average molecular weight is 308 g/mol. The molecule has 2 aromatic rings. The van der Waals surface area contributed by atoms with Crippen LogP contribution >= 0.6 is 11.3 Å². The largest absolute Gasteiger partial charge is 0.466 e. The molecular weight excluding hydrogens is 291 g/mol. The molecule has 1 aromatic carbocycles. The molecule has 0 atom stereocenters. The fourth-order valence-electron chi connectivity index (χ4n) is 1.82. The third-order valence-corrected chi connectivity index (χ3v) is 3.88. The summed E-state index contributed by atoms with van der Waals surface area (Å²) in [6.07, 6.45) is 0.868. The minimum absolute atomic E-state index is 0.217. The molecule has 0 aliphatic carbocycles. The van der Waals surface area contributed by atoms with Gasteiger partial charge in [-0.25, -0.2) is 9.37 Å². The van der Waals surface area contributed by atoms with Gasteiger partial charge in [-0.05, 0) is 25.1 Å². The Labute approximate surface area is 127 Å². The van der Waals surface area contributed by atoms with Crippen molar-refractivity contribution in [3.63, 3.8) is 0 Å². The van der Waals surface area contributed by atoms with Crippen molar-refractivity contribution in [2.75, 3.05) is 18.6 Å². The summed E-state index contributed by atoms with van der Waals surface area (Å²) in [7, 11) is 1.84. The number of nitrogens with zero attached hydrogens (tertiary/aromatic N) is 2. The number of esters is 1. The van der Waals surface area contributed by atoms with Crippen LogP contribution in [-0.4, -0.2) is 24.6 Å². The normalized spacial score (nSPS) is 10.4. The van der Waals surface area contributed by atoms with E-state index in [1.54, 1.807) is 13.0 Å². The van der Waals surface area contributed by atoms with E-state index in [-0.39, 0.29) is 11.8 Å². The maximum Gasteiger partial charge on any atom is 0.306 e. The summed E-state index contributed by atoms with van der Waals surface area (Å²) in [5.74, 6) is -0.496. The molecule has 0 unspecified atom stereocenters. The third kappa shape index (κ3) is 4.26. The van der Waals surface area contributed by atoms with Crippen LogP contribution in [0.5, 0.6) is 0 Å². The van der Waals surface area contributed by atoms with E-state index in [0.717, 1.165) is 16.5 Å². The van der Waals surface area contributed by atoms with Crippen molar-refractivity contribution < 1.29 is 13.9 Å². The zero-order valence-electron chi connectivity index (χ0n) is 12.0. The number of anilines is 2. The molecule has 6 heteroatoms. The highest BCUT2D eigenvalue weighted by molar-refractivity contribution is 7.13. The molecule has 0 N–H and O–H groups in total. The molecule has 0 bridgehead atoms. The maximum atomic E-state index is 13.2. The lowest BCUT2D eigenvalue weighted by Gasteiger charge is -2.15. The molecule has 4 nitrogen and oxygen atoms in total. The van der Waals surface area contributed by atoms with Crippen molar-refractivity contribution in [3.8, 4) is 0 Å². The highest BCUT2D eigenvalue weighted by atomic mass is 32.1. The summed E-state index contributed by atoms with van der Waals surface area (Å²) in [5.41, 5.74) is 1.58. The number of hydrogen-bond donors (Lipinski definition) is 0. The summed E-state index contributed by atoms with van der Waals surface area (Å²) in [4.78, 5) is 17.6. The second-order valence-corrected chi connectivity index (χ2v) is 5.30. The maximum absolute atomic E-state index is 13.2. The van der Waals surface area contributed by atoms with Gasteiger partial charge in [0, 0.05) is 24.5 Å². The number of thiazole rings is 1. The molecule has 0 saturated heterocycles. The molecule has 1 heterocycles. The minimum atomic E-state index is -0.279. The fraction of sp³-hybridized carbons (Fsp3) is 0.333. The van der Waals surface area contributed by atoms with Crippen LogP contribution in [0, 0.1) is 5.82 Å². The summed E-state index contributed by atoms with van der Waals surface area (Å²) in [6, 6.07) is 6.35. The SMILES string of the molecule is CCOC(=O)CCc1csc(N(C)c2cccc(F)c2)n1. The van der Waals surface area contributed by atoms with Crippen LogP contribution in [0.3, 0.4) is 0 Å². The minimum Gasteiger partial charge on any atom is -0.466 e. The van der Waals surface area contributed by atoms with Crippen LogP contribution in [0.4, 0.5) is 15.2 Å². The summed E-state index contributed by atoms with van der Waals surface area (Å²) >= 11 is 1.46. The van der Waals surface area contributed by atoms with E-state index in [2.05, 4.69) is 4.98 Å². The van der Waals surface area contributed by atoms with E-state index in [4.69, 9.17) is 4.74 Å². The highest BCUT2D eigenvalue weighted by Crippen LogP contribution is 2.27. The Morgan fingerprint density at radius 2 is 2.29 bits per heavy atom. The Balaban J connectivity index is 2.00. The predicted octanol–water partition coefficient (Wildman–Crippen LogP) is 3.55. The smallest absolute Gasteiger partial charge is 0.306 e. The Bertz CT molecular complexity index is 615. The molecule has 0 radical (unpaired) electrons. The molecule has 1 aromatic heterocycles. The van der Waals surface area contributed by atoms with E-state index < -0.39 is 0 Å². The Hall–Kier alpha value is -1.95. The number of aromatic nitrogens is 1. The number of halogens is 1. The third-order valence-electron chi connectivity index (χ3n) is 2.91. The molecule has 21 heavy (non-hydrogen) atoms. The highest BCUT2D eigenvalue weighted by Gasteiger charge is 2.11.